The largest absolute Gasteiger partial charge is 0.353 e. The van der Waals surface area contributed by atoms with Crippen LogP contribution in [0.1, 0.15) is 22.8 Å². The van der Waals surface area contributed by atoms with E-state index in [2.05, 4.69) is 40.7 Å². The van der Waals surface area contributed by atoms with E-state index in [1.165, 1.54) is 30.3 Å². The molecule has 0 saturated carbocycles. The number of benzene rings is 5. The number of hydrogen-bond donors (Lipinski definition) is 4. The summed E-state index contributed by atoms with van der Waals surface area (Å²) in [4.78, 5) is 12.6. The van der Waals surface area contributed by atoms with Crippen molar-refractivity contribution in [2.45, 2.75) is 22.6 Å². The normalized spacial score (nSPS) is 12.5. The Labute approximate surface area is 315 Å². The van der Waals surface area contributed by atoms with Gasteiger partial charge in [0.1, 0.15) is 11.6 Å². The molecule has 6 rings (SSSR count). The lowest BCUT2D eigenvalue weighted by Gasteiger charge is -2.11. The summed E-state index contributed by atoms with van der Waals surface area (Å²) >= 11 is 0. The summed E-state index contributed by atoms with van der Waals surface area (Å²) in [5, 5.41) is 20.7. The summed E-state index contributed by atoms with van der Waals surface area (Å²) in [7, 11) is -13.4. The minimum absolute atomic E-state index is 0.0275. The topological polar surface area (TPSA) is 263 Å². The minimum Gasteiger partial charge on any atom is -0.353 e. The Kier molecular flexibility index (Phi) is 11.4. The van der Waals surface area contributed by atoms with Gasteiger partial charge in [0, 0.05) is 19.4 Å². The molecule has 6 aromatic rings. The lowest BCUT2D eigenvalue weighted by Crippen LogP contribution is -2.18. The third kappa shape index (κ3) is 11.1. The zero-order chi connectivity index (χ0) is 39.2. The SMILES string of the molecule is O=S(=O)(O)CCNc1nc(Cc2ccc(N=Nc3ccc4cc(S(=O)(=O)O)ccc4c3)cc2)nc(Cc2ccc(N=Nc3ccccc3)cc2S(=O)(=O)O)n1. The van der Waals surface area contributed by atoms with Crippen molar-refractivity contribution in [2.24, 2.45) is 20.5 Å². The molecular formula is C35H30N8O9S3. The molecule has 1 aromatic heterocycles. The van der Waals surface area contributed by atoms with Crippen LogP contribution in [0.3, 0.4) is 0 Å². The lowest BCUT2D eigenvalue weighted by atomic mass is 10.1. The molecular weight excluding hydrogens is 773 g/mol. The van der Waals surface area contributed by atoms with Gasteiger partial charge in [0.05, 0.1) is 38.3 Å². The van der Waals surface area contributed by atoms with Crippen LogP contribution < -0.4 is 5.32 Å². The Hall–Kier alpha value is -5.90. The van der Waals surface area contributed by atoms with Gasteiger partial charge in [-0.3, -0.25) is 13.7 Å². The van der Waals surface area contributed by atoms with Crippen LogP contribution in [0.25, 0.3) is 10.8 Å². The summed E-state index contributed by atoms with van der Waals surface area (Å²) in [5.74, 6) is -0.318. The van der Waals surface area contributed by atoms with Gasteiger partial charge in [-0.05, 0) is 82.6 Å². The van der Waals surface area contributed by atoms with Crippen molar-refractivity contribution < 1.29 is 38.9 Å². The number of rotatable bonds is 14. The van der Waals surface area contributed by atoms with E-state index in [9.17, 15) is 38.9 Å². The number of aromatic nitrogens is 3. The number of nitrogens with one attached hydrogen (secondary N) is 1. The monoisotopic (exact) mass is 802 g/mol. The molecule has 0 aliphatic heterocycles. The third-order valence-corrected chi connectivity index (χ3v) is 10.3. The van der Waals surface area contributed by atoms with E-state index in [-0.39, 0.29) is 53.1 Å². The molecule has 0 unspecified atom stereocenters. The summed E-state index contributed by atoms with van der Waals surface area (Å²) in [6, 6.07) is 29.1. The molecule has 0 fully saturated rings. The van der Waals surface area contributed by atoms with Gasteiger partial charge >= 0.3 is 0 Å². The Morgan fingerprint density at radius 1 is 0.545 bits per heavy atom. The van der Waals surface area contributed by atoms with Gasteiger partial charge in [0.15, 0.2) is 0 Å². The average molecular weight is 803 g/mol. The quantitative estimate of drug-likeness (QED) is 0.0651. The van der Waals surface area contributed by atoms with Crippen LogP contribution in [0, 0.1) is 0 Å². The number of hydrogen-bond acceptors (Lipinski definition) is 14. The van der Waals surface area contributed by atoms with E-state index in [1.807, 2.05) is 6.07 Å². The summed E-state index contributed by atoms with van der Waals surface area (Å²) in [6.07, 6.45) is -0.0103. The van der Waals surface area contributed by atoms with E-state index in [4.69, 9.17) is 0 Å². The Bertz CT molecular complexity index is 2770. The first-order chi connectivity index (χ1) is 26.1. The highest BCUT2D eigenvalue weighted by Crippen LogP contribution is 2.28. The second kappa shape index (κ2) is 16.2. The molecule has 0 bridgehead atoms. The van der Waals surface area contributed by atoms with Crippen LogP contribution in [0.2, 0.25) is 0 Å². The zero-order valence-corrected chi connectivity index (χ0v) is 30.8. The standard InChI is InChI=1S/C35H30N8O9S3/c44-53(45,46)17-16-36-35-38-33(37-34(39-35)21-26-9-14-30(22-32(26)55(50,51)52)43-40-27-4-2-1-3-5-27)18-23-6-11-28(12-7-23)41-42-29-13-8-25-20-31(54(47,48)49)15-10-24(25)19-29/h1-15,19-20,22H,16-18,21H2,(H,44,45,46)(H,47,48,49)(H,50,51,52)(H,36,37,38,39). The Balaban J connectivity index is 1.22. The average Bonchev–Trinajstić information content (AvgIpc) is 3.13. The van der Waals surface area contributed by atoms with Crippen LogP contribution in [-0.4, -0.2) is 66.2 Å². The predicted molar refractivity (Wildman–Crippen MR) is 202 cm³/mol. The molecule has 282 valence electrons. The van der Waals surface area contributed by atoms with Crippen LogP contribution in [0.5, 0.6) is 0 Å². The van der Waals surface area contributed by atoms with Gasteiger partial charge in [-0.2, -0.15) is 55.7 Å². The smallest absolute Gasteiger partial charge is 0.294 e. The van der Waals surface area contributed by atoms with Crippen LogP contribution in [0.4, 0.5) is 28.7 Å². The molecule has 0 atom stereocenters. The molecule has 0 saturated heterocycles. The third-order valence-electron chi connectivity index (χ3n) is 7.76. The number of azo groups is 2. The molecule has 0 aliphatic rings. The van der Waals surface area contributed by atoms with E-state index in [1.54, 1.807) is 72.8 Å². The van der Waals surface area contributed by atoms with Gasteiger partial charge in [-0.1, -0.05) is 48.5 Å². The van der Waals surface area contributed by atoms with Crippen molar-refractivity contribution in [1.82, 2.24) is 15.0 Å². The fourth-order valence-corrected chi connectivity index (χ4v) is 6.80. The molecule has 5 aromatic carbocycles. The van der Waals surface area contributed by atoms with E-state index in [0.29, 0.717) is 27.8 Å². The van der Waals surface area contributed by atoms with Gasteiger partial charge < -0.3 is 5.32 Å². The Morgan fingerprint density at radius 2 is 1.11 bits per heavy atom. The van der Waals surface area contributed by atoms with E-state index in [0.717, 1.165) is 5.56 Å². The molecule has 0 aliphatic carbocycles. The maximum atomic E-state index is 12.4. The first-order valence-corrected chi connectivity index (χ1v) is 20.6. The van der Waals surface area contributed by atoms with Gasteiger partial charge in [0.25, 0.3) is 30.4 Å². The molecule has 17 nitrogen and oxygen atoms in total. The van der Waals surface area contributed by atoms with Crippen LogP contribution >= 0.6 is 0 Å². The number of anilines is 1. The molecule has 20 heteroatoms. The zero-order valence-electron chi connectivity index (χ0n) is 28.4. The molecule has 55 heavy (non-hydrogen) atoms. The van der Waals surface area contributed by atoms with Crippen LogP contribution in [0.15, 0.2) is 139 Å². The molecule has 0 radical (unpaired) electrons. The molecule has 0 amide bonds. The highest BCUT2D eigenvalue weighted by atomic mass is 32.2. The second-order valence-corrected chi connectivity index (χ2v) is 16.3. The van der Waals surface area contributed by atoms with Gasteiger partial charge in [-0.25, -0.2) is 4.98 Å². The van der Waals surface area contributed by atoms with Crippen molar-refractivity contribution in [2.75, 3.05) is 17.6 Å². The maximum absolute atomic E-state index is 12.4. The summed E-state index contributed by atoms with van der Waals surface area (Å²) in [6.45, 7) is -0.234. The van der Waals surface area contributed by atoms with Crippen molar-refractivity contribution >= 4 is 69.8 Å². The lowest BCUT2D eigenvalue weighted by molar-refractivity contribution is 0.480. The second-order valence-electron chi connectivity index (χ2n) is 11.9. The summed E-state index contributed by atoms with van der Waals surface area (Å²) < 4.78 is 98.9. The first kappa shape index (κ1) is 38.8. The van der Waals surface area contributed by atoms with Crippen molar-refractivity contribution in [3.63, 3.8) is 0 Å². The molecule has 4 N–H and O–H groups in total. The van der Waals surface area contributed by atoms with E-state index >= 15 is 0 Å². The van der Waals surface area contributed by atoms with Gasteiger partial charge in [0.2, 0.25) is 5.95 Å². The Morgan fingerprint density at radius 3 is 1.76 bits per heavy atom. The molecule has 0 spiro atoms. The number of nitrogens with zero attached hydrogens (tertiary/aromatic N) is 7. The van der Waals surface area contributed by atoms with Crippen molar-refractivity contribution in [1.29, 1.82) is 0 Å². The highest BCUT2D eigenvalue weighted by Gasteiger charge is 2.19. The van der Waals surface area contributed by atoms with Crippen LogP contribution in [-0.2, 0) is 43.2 Å². The fraction of sp³-hybridized carbons (Fsp3) is 0.114. The number of fused-ring (bicyclic) bond motifs is 1. The fourth-order valence-electron chi connectivity index (χ4n) is 5.18. The summed E-state index contributed by atoms with van der Waals surface area (Å²) in [5.41, 5.74) is 2.61. The minimum atomic E-state index is -4.73. The van der Waals surface area contributed by atoms with Crippen molar-refractivity contribution in [3.8, 4) is 0 Å². The molecule has 1 heterocycles. The highest BCUT2D eigenvalue weighted by molar-refractivity contribution is 7.86. The van der Waals surface area contributed by atoms with Gasteiger partial charge in [-0.15, -0.1) is 0 Å². The predicted octanol–water partition coefficient (Wildman–Crippen LogP) is 6.83. The first-order valence-electron chi connectivity index (χ1n) is 16.1. The van der Waals surface area contributed by atoms with E-state index < -0.39 is 41.0 Å². The van der Waals surface area contributed by atoms with Crippen molar-refractivity contribution in [3.05, 3.63) is 132 Å². The maximum Gasteiger partial charge on any atom is 0.294 e.